The van der Waals surface area contributed by atoms with Gasteiger partial charge in [0.1, 0.15) is 6.10 Å². The van der Waals surface area contributed by atoms with Crippen molar-refractivity contribution in [2.75, 3.05) is 5.32 Å². The van der Waals surface area contributed by atoms with Crippen molar-refractivity contribution in [1.29, 1.82) is 0 Å². The summed E-state index contributed by atoms with van der Waals surface area (Å²) in [6.07, 6.45) is 0.562. The van der Waals surface area contributed by atoms with Crippen LogP contribution in [0.1, 0.15) is 39.8 Å². The molecule has 1 amide bonds. The van der Waals surface area contributed by atoms with Gasteiger partial charge in [0.05, 0.1) is 11.8 Å². The first-order valence-corrected chi connectivity index (χ1v) is 7.81. The average Bonchev–Trinajstić information content (AvgIpc) is 3.20. The summed E-state index contributed by atoms with van der Waals surface area (Å²) in [7, 11) is 0. The highest BCUT2D eigenvalue weighted by molar-refractivity contribution is 6.03. The molecule has 1 aromatic heterocycles. The van der Waals surface area contributed by atoms with Crippen molar-refractivity contribution in [2.24, 2.45) is 0 Å². The Morgan fingerprint density at radius 3 is 2.72 bits per heavy atom. The zero-order valence-electron chi connectivity index (χ0n) is 13.8. The lowest BCUT2D eigenvalue weighted by Crippen LogP contribution is -2.23. The summed E-state index contributed by atoms with van der Waals surface area (Å²) >= 11 is 0. The SMILES string of the molecule is Cc1ccc(C(=O)O[C@@H]2C[C@@H](C)OC2=O)cc1NC(=O)c1ccco1. The molecule has 0 aliphatic carbocycles. The first-order valence-electron chi connectivity index (χ1n) is 7.81. The minimum atomic E-state index is -0.898. The van der Waals surface area contributed by atoms with Gasteiger partial charge in [0.15, 0.2) is 5.76 Å². The Bertz CT molecular complexity index is 811. The molecule has 2 heterocycles. The van der Waals surface area contributed by atoms with Crippen molar-refractivity contribution < 1.29 is 28.3 Å². The molecule has 1 N–H and O–H groups in total. The van der Waals surface area contributed by atoms with Gasteiger partial charge in [0, 0.05) is 12.1 Å². The molecule has 1 fully saturated rings. The van der Waals surface area contributed by atoms with Crippen LogP contribution < -0.4 is 5.32 Å². The minimum absolute atomic E-state index is 0.162. The maximum atomic E-state index is 12.3. The summed E-state index contributed by atoms with van der Waals surface area (Å²) in [4.78, 5) is 35.9. The third-order valence-electron chi connectivity index (χ3n) is 3.84. The van der Waals surface area contributed by atoms with E-state index in [1.54, 1.807) is 32.0 Å². The second-order valence-corrected chi connectivity index (χ2v) is 5.84. The highest BCUT2D eigenvalue weighted by atomic mass is 16.6. The second-order valence-electron chi connectivity index (χ2n) is 5.84. The first kappa shape index (κ1) is 16.8. The molecule has 1 aromatic carbocycles. The molecule has 0 saturated carbocycles. The molecular weight excluding hydrogens is 326 g/mol. The number of nitrogens with one attached hydrogen (secondary N) is 1. The van der Waals surface area contributed by atoms with Crippen LogP contribution in [0.5, 0.6) is 0 Å². The van der Waals surface area contributed by atoms with Gasteiger partial charge in [-0.3, -0.25) is 4.79 Å². The summed E-state index contributed by atoms with van der Waals surface area (Å²) in [5.41, 5.74) is 1.45. The number of rotatable bonds is 4. The van der Waals surface area contributed by atoms with Gasteiger partial charge in [-0.15, -0.1) is 0 Å². The van der Waals surface area contributed by atoms with Crippen molar-refractivity contribution in [3.8, 4) is 0 Å². The molecule has 0 bridgehead atoms. The molecule has 3 rings (SSSR count). The third kappa shape index (κ3) is 3.71. The van der Waals surface area contributed by atoms with E-state index in [0.29, 0.717) is 12.1 Å². The number of ether oxygens (including phenoxy) is 2. The first-order chi connectivity index (χ1) is 11.9. The summed E-state index contributed by atoms with van der Waals surface area (Å²) in [6, 6.07) is 7.91. The highest BCUT2D eigenvalue weighted by Gasteiger charge is 2.35. The molecule has 1 aliphatic heterocycles. The number of benzene rings is 1. The average molecular weight is 343 g/mol. The summed E-state index contributed by atoms with van der Waals surface area (Å²) in [6.45, 7) is 3.53. The Hall–Kier alpha value is -3.09. The van der Waals surface area contributed by atoms with Gasteiger partial charge < -0.3 is 19.2 Å². The van der Waals surface area contributed by atoms with E-state index in [4.69, 9.17) is 13.9 Å². The molecular formula is C18H17NO6. The normalized spacial score (nSPS) is 19.4. The Morgan fingerprint density at radius 2 is 2.08 bits per heavy atom. The van der Waals surface area contributed by atoms with E-state index in [-0.39, 0.29) is 17.4 Å². The zero-order valence-corrected chi connectivity index (χ0v) is 13.8. The molecule has 2 atom stereocenters. The van der Waals surface area contributed by atoms with E-state index in [1.165, 1.54) is 18.4 Å². The monoisotopic (exact) mass is 343 g/mol. The number of carbonyl (C=O) groups is 3. The van der Waals surface area contributed by atoms with Crippen molar-refractivity contribution in [3.63, 3.8) is 0 Å². The fourth-order valence-electron chi connectivity index (χ4n) is 2.49. The van der Waals surface area contributed by atoms with E-state index >= 15 is 0 Å². The molecule has 1 saturated heterocycles. The lowest BCUT2D eigenvalue weighted by molar-refractivity contribution is -0.147. The number of cyclic esters (lactones) is 1. The Balaban J connectivity index is 1.73. The topological polar surface area (TPSA) is 94.8 Å². The molecule has 0 unspecified atom stereocenters. The molecule has 0 radical (unpaired) electrons. The maximum Gasteiger partial charge on any atom is 0.347 e. The standard InChI is InChI=1S/C18H17NO6/c1-10-5-6-12(17(21)25-15-8-11(2)24-18(15)22)9-13(10)19-16(20)14-4-3-7-23-14/h3-7,9,11,15H,8H2,1-2H3,(H,19,20)/t11-,15-/m1/s1. The third-order valence-corrected chi connectivity index (χ3v) is 3.84. The molecule has 7 nitrogen and oxygen atoms in total. The van der Waals surface area contributed by atoms with E-state index < -0.39 is 23.9 Å². The van der Waals surface area contributed by atoms with Crippen molar-refractivity contribution in [2.45, 2.75) is 32.5 Å². The van der Waals surface area contributed by atoms with Crippen LogP contribution in [0.25, 0.3) is 0 Å². The number of carbonyl (C=O) groups excluding carboxylic acids is 3. The number of furan rings is 1. The zero-order chi connectivity index (χ0) is 18.0. The van der Waals surface area contributed by atoms with Crippen LogP contribution >= 0.6 is 0 Å². The smallest absolute Gasteiger partial charge is 0.347 e. The van der Waals surface area contributed by atoms with E-state index in [1.807, 2.05) is 0 Å². The Labute approximate surface area is 143 Å². The predicted molar refractivity (Wildman–Crippen MR) is 87.2 cm³/mol. The van der Waals surface area contributed by atoms with E-state index in [0.717, 1.165) is 5.56 Å². The van der Waals surface area contributed by atoms with Crippen molar-refractivity contribution in [1.82, 2.24) is 0 Å². The van der Waals surface area contributed by atoms with E-state index in [9.17, 15) is 14.4 Å². The fourth-order valence-corrected chi connectivity index (χ4v) is 2.49. The number of hydrogen-bond donors (Lipinski definition) is 1. The van der Waals surface area contributed by atoms with Crippen LogP contribution in [-0.2, 0) is 14.3 Å². The van der Waals surface area contributed by atoms with Crippen molar-refractivity contribution in [3.05, 3.63) is 53.5 Å². The van der Waals surface area contributed by atoms with Gasteiger partial charge >= 0.3 is 11.9 Å². The quantitative estimate of drug-likeness (QED) is 0.858. The van der Waals surface area contributed by atoms with Gasteiger partial charge in [-0.05, 0) is 43.7 Å². The van der Waals surface area contributed by atoms with Crippen LogP contribution in [-0.4, -0.2) is 30.1 Å². The van der Waals surface area contributed by atoms with Gasteiger partial charge in [-0.25, -0.2) is 9.59 Å². The van der Waals surface area contributed by atoms with Crippen LogP contribution in [0.2, 0.25) is 0 Å². The summed E-state index contributed by atoms with van der Waals surface area (Å²) < 4.78 is 15.2. The Kier molecular flexibility index (Phi) is 4.56. The molecule has 0 spiro atoms. The van der Waals surface area contributed by atoms with Crippen LogP contribution in [0.15, 0.2) is 41.0 Å². The number of aryl methyl sites for hydroxylation is 1. The highest BCUT2D eigenvalue weighted by Crippen LogP contribution is 2.22. The maximum absolute atomic E-state index is 12.3. The predicted octanol–water partition coefficient (Wildman–Crippen LogP) is 2.70. The molecule has 130 valence electrons. The van der Waals surface area contributed by atoms with Crippen LogP contribution in [0.3, 0.4) is 0 Å². The largest absolute Gasteiger partial charge is 0.460 e. The number of amides is 1. The number of esters is 2. The molecule has 2 aromatic rings. The van der Waals surface area contributed by atoms with E-state index in [2.05, 4.69) is 5.32 Å². The fraction of sp³-hybridized carbons (Fsp3) is 0.278. The summed E-state index contributed by atoms with van der Waals surface area (Å²) in [5.74, 6) is -1.45. The van der Waals surface area contributed by atoms with Gasteiger partial charge in [0.2, 0.25) is 6.10 Å². The van der Waals surface area contributed by atoms with Crippen molar-refractivity contribution >= 4 is 23.5 Å². The van der Waals surface area contributed by atoms with Crippen LogP contribution in [0.4, 0.5) is 5.69 Å². The van der Waals surface area contributed by atoms with Gasteiger partial charge in [-0.1, -0.05) is 6.07 Å². The number of anilines is 1. The number of hydrogen-bond acceptors (Lipinski definition) is 6. The summed E-state index contributed by atoms with van der Waals surface area (Å²) in [5, 5.41) is 2.69. The van der Waals surface area contributed by atoms with Gasteiger partial charge in [-0.2, -0.15) is 0 Å². The Morgan fingerprint density at radius 1 is 1.28 bits per heavy atom. The molecule has 25 heavy (non-hydrogen) atoms. The van der Waals surface area contributed by atoms with Crippen LogP contribution in [0, 0.1) is 6.92 Å². The lowest BCUT2D eigenvalue weighted by Gasteiger charge is -2.11. The lowest BCUT2D eigenvalue weighted by atomic mass is 10.1. The molecule has 7 heteroatoms. The minimum Gasteiger partial charge on any atom is -0.460 e. The molecule has 1 aliphatic rings. The second kappa shape index (κ2) is 6.80. The van der Waals surface area contributed by atoms with Gasteiger partial charge in [0.25, 0.3) is 5.91 Å².